The van der Waals surface area contributed by atoms with Crippen LogP contribution in [0.1, 0.15) is 50.1 Å². The van der Waals surface area contributed by atoms with Gasteiger partial charge in [0.1, 0.15) is 15.9 Å². The number of anilines is 1. The van der Waals surface area contributed by atoms with Gasteiger partial charge in [-0.3, -0.25) is 4.79 Å². The average Bonchev–Trinajstić information content (AvgIpc) is 2.94. The highest BCUT2D eigenvalue weighted by Gasteiger charge is 2.33. The minimum Gasteiger partial charge on any atom is -0.325 e. The van der Waals surface area contributed by atoms with Gasteiger partial charge in [0.2, 0.25) is 5.91 Å². The third-order valence-electron chi connectivity index (χ3n) is 4.67. The highest BCUT2D eigenvalue weighted by Crippen LogP contribution is 2.48. The number of thioether (sulfide) groups is 2. The number of nitrogens with zero attached hydrogens (tertiary/aromatic N) is 2. The van der Waals surface area contributed by atoms with Crippen molar-refractivity contribution in [2.75, 3.05) is 11.1 Å². The van der Waals surface area contributed by atoms with E-state index in [1.165, 1.54) is 17.3 Å². The SMILES string of the molecule is CCc1ccccc1NC(=O)CSc1nc(C)nc2c1[C@@H](CC)[C@H](C)S2. The van der Waals surface area contributed by atoms with Gasteiger partial charge in [0.05, 0.1) is 5.75 Å². The van der Waals surface area contributed by atoms with Crippen molar-refractivity contribution in [1.82, 2.24) is 9.97 Å². The van der Waals surface area contributed by atoms with Crippen LogP contribution in [0, 0.1) is 6.92 Å². The van der Waals surface area contributed by atoms with Gasteiger partial charge in [-0.15, -0.1) is 11.8 Å². The van der Waals surface area contributed by atoms with Crippen LogP contribution in [-0.2, 0) is 11.2 Å². The zero-order chi connectivity index (χ0) is 18.7. The molecule has 4 nitrogen and oxygen atoms in total. The van der Waals surface area contributed by atoms with E-state index in [1.54, 1.807) is 0 Å². The number of aromatic nitrogens is 2. The molecule has 1 aliphatic heterocycles. The zero-order valence-corrected chi connectivity index (χ0v) is 17.3. The Morgan fingerprint density at radius 2 is 2.04 bits per heavy atom. The molecule has 0 aliphatic carbocycles. The number of hydrogen-bond donors (Lipinski definition) is 1. The standard InChI is InChI=1S/C20H25N3OS2/c1-5-14-9-7-8-10-16(14)23-17(24)11-25-19-18-15(6-2)12(3)26-20(18)22-13(4)21-19/h7-10,12,15H,5-6,11H2,1-4H3,(H,23,24)/t12-,15-/m0/s1. The van der Waals surface area contributed by atoms with Gasteiger partial charge in [-0.25, -0.2) is 9.97 Å². The minimum absolute atomic E-state index is 0.00709. The van der Waals surface area contributed by atoms with E-state index in [9.17, 15) is 4.79 Å². The number of amides is 1. The summed E-state index contributed by atoms with van der Waals surface area (Å²) in [5.74, 6) is 1.60. The molecule has 1 amide bonds. The lowest BCUT2D eigenvalue weighted by Crippen LogP contribution is -2.16. The van der Waals surface area contributed by atoms with Gasteiger partial charge in [0, 0.05) is 22.4 Å². The highest BCUT2D eigenvalue weighted by molar-refractivity contribution is 8.01. The Kier molecular flexibility index (Phi) is 6.24. The molecule has 1 aliphatic rings. The number of hydrogen-bond acceptors (Lipinski definition) is 5. The highest BCUT2D eigenvalue weighted by atomic mass is 32.2. The summed E-state index contributed by atoms with van der Waals surface area (Å²) in [6.07, 6.45) is 1.97. The summed E-state index contributed by atoms with van der Waals surface area (Å²) in [5.41, 5.74) is 3.29. The molecule has 138 valence electrons. The van der Waals surface area contributed by atoms with Crippen LogP contribution in [0.4, 0.5) is 5.69 Å². The number of carbonyl (C=O) groups excluding carboxylic acids is 1. The van der Waals surface area contributed by atoms with Crippen LogP contribution in [0.25, 0.3) is 0 Å². The number of benzene rings is 1. The molecule has 26 heavy (non-hydrogen) atoms. The molecule has 0 radical (unpaired) electrons. The molecule has 2 heterocycles. The van der Waals surface area contributed by atoms with Crippen molar-refractivity contribution in [3.63, 3.8) is 0 Å². The van der Waals surface area contributed by atoms with E-state index in [-0.39, 0.29) is 5.91 Å². The van der Waals surface area contributed by atoms with Gasteiger partial charge in [0.15, 0.2) is 0 Å². The van der Waals surface area contributed by atoms with Crippen molar-refractivity contribution in [3.05, 3.63) is 41.2 Å². The first-order chi connectivity index (χ1) is 12.5. The summed E-state index contributed by atoms with van der Waals surface area (Å²) in [4.78, 5) is 21.7. The maximum atomic E-state index is 12.5. The van der Waals surface area contributed by atoms with Gasteiger partial charge in [0.25, 0.3) is 0 Å². The second-order valence-electron chi connectivity index (χ2n) is 6.48. The van der Waals surface area contributed by atoms with Crippen LogP contribution in [-0.4, -0.2) is 26.9 Å². The number of aryl methyl sites for hydroxylation is 2. The fourth-order valence-electron chi connectivity index (χ4n) is 3.35. The number of carbonyl (C=O) groups is 1. The third kappa shape index (κ3) is 4.07. The van der Waals surface area contributed by atoms with E-state index in [0.717, 1.165) is 40.0 Å². The second kappa shape index (κ2) is 8.44. The number of para-hydroxylation sites is 1. The zero-order valence-electron chi connectivity index (χ0n) is 15.7. The Labute approximate surface area is 164 Å². The lowest BCUT2D eigenvalue weighted by Gasteiger charge is -2.15. The number of fused-ring (bicyclic) bond motifs is 1. The summed E-state index contributed by atoms with van der Waals surface area (Å²) >= 11 is 3.35. The van der Waals surface area contributed by atoms with Gasteiger partial charge >= 0.3 is 0 Å². The summed E-state index contributed by atoms with van der Waals surface area (Å²) in [7, 11) is 0. The molecule has 1 aromatic carbocycles. The van der Waals surface area contributed by atoms with Crippen LogP contribution in [0.2, 0.25) is 0 Å². The summed E-state index contributed by atoms with van der Waals surface area (Å²) in [6.45, 7) is 8.47. The smallest absolute Gasteiger partial charge is 0.234 e. The molecule has 3 rings (SSSR count). The fraction of sp³-hybridized carbons (Fsp3) is 0.450. The van der Waals surface area contributed by atoms with Crippen molar-refractivity contribution in [2.24, 2.45) is 0 Å². The van der Waals surface area contributed by atoms with E-state index >= 15 is 0 Å². The van der Waals surface area contributed by atoms with Crippen molar-refractivity contribution < 1.29 is 4.79 Å². The predicted molar refractivity (Wildman–Crippen MR) is 110 cm³/mol. The third-order valence-corrected chi connectivity index (χ3v) is 6.90. The number of nitrogens with one attached hydrogen (secondary N) is 1. The van der Waals surface area contributed by atoms with Gasteiger partial charge in [-0.05, 0) is 31.4 Å². The Morgan fingerprint density at radius 3 is 2.77 bits per heavy atom. The summed E-state index contributed by atoms with van der Waals surface area (Å²) in [6, 6.07) is 7.96. The second-order valence-corrected chi connectivity index (χ2v) is 8.81. The molecular formula is C20H25N3OS2. The van der Waals surface area contributed by atoms with E-state index in [4.69, 9.17) is 0 Å². The number of rotatable bonds is 6. The summed E-state index contributed by atoms with van der Waals surface area (Å²) < 4.78 is 0. The maximum absolute atomic E-state index is 12.5. The van der Waals surface area contributed by atoms with E-state index < -0.39 is 0 Å². The van der Waals surface area contributed by atoms with E-state index in [1.807, 2.05) is 43.0 Å². The molecule has 0 fully saturated rings. The maximum Gasteiger partial charge on any atom is 0.234 e. The Morgan fingerprint density at radius 1 is 1.27 bits per heavy atom. The Hall–Kier alpha value is -1.53. The largest absolute Gasteiger partial charge is 0.325 e. The molecule has 1 aromatic heterocycles. The molecule has 2 atom stereocenters. The molecule has 1 N–H and O–H groups in total. The van der Waals surface area contributed by atoms with Crippen LogP contribution >= 0.6 is 23.5 Å². The fourth-order valence-corrected chi connectivity index (χ4v) is 5.76. The van der Waals surface area contributed by atoms with Crippen molar-refractivity contribution >= 4 is 35.1 Å². The Balaban J connectivity index is 1.73. The molecule has 0 unspecified atom stereocenters. The van der Waals surface area contributed by atoms with Crippen molar-refractivity contribution in [3.8, 4) is 0 Å². The van der Waals surface area contributed by atoms with Gasteiger partial charge < -0.3 is 5.32 Å². The van der Waals surface area contributed by atoms with Crippen molar-refractivity contribution in [1.29, 1.82) is 0 Å². The lowest BCUT2D eigenvalue weighted by atomic mass is 9.96. The van der Waals surface area contributed by atoms with Crippen molar-refractivity contribution in [2.45, 2.75) is 61.8 Å². The van der Waals surface area contributed by atoms with Gasteiger partial charge in [-0.2, -0.15) is 0 Å². The molecule has 6 heteroatoms. The normalized spacial score (nSPS) is 18.6. The molecular weight excluding hydrogens is 362 g/mol. The molecule has 2 aromatic rings. The first-order valence-corrected chi connectivity index (χ1v) is 11.0. The van der Waals surface area contributed by atoms with Crippen LogP contribution < -0.4 is 5.32 Å². The van der Waals surface area contributed by atoms with Crippen LogP contribution in [0.3, 0.4) is 0 Å². The predicted octanol–water partition coefficient (Wildman–Crippen LogP) is 5.07. The summed E-state index contributed by atoms with van der Waals surface area (Å²) in [5, 5.41) is 5.61. The van der Waals surface area contributed by atoms with E-state index in [2.05, 4.69) is 36.1 Å². The van der Waals surface area contributed by atoms with Gasteiger partial charge in [-0.1, -0.05) is 50.7 Å². The first-order valence-electron chi connectivity index (χ1n) is 9.09. The first kappa shape index (κ1) is 19.2. The molecule has 0 bridgehead atoms. The molecule has 0 spiro atoms. The van der Waals surface area contributed by atoms with E-state index in [0.29, 0.717) is 16.9 Å². The monoisotopic (exact) mass is 387 g/mol. The van der Waals surface area contributed by atoms with Crippen LogP contribution in [0.5, 0.6) is 0 Å². The molecule has 0 saturated heterocycles. The van der Waals surface area contributed by atoms with Crippen LogP contribution in [0.15, 0.2) is 34.3 Å². The Bertz CT molecular complexity index is 810. The quantitative estimate of drug-likeness (QED) is 0.554. The average molecular weight is 388 g/mol. The molecule has 0 saturated carbocycles. The topological polar surface area (TPSA) is 54.9 Å². The minimum atomic E-state index is 0.00709. The lowest BCUT2D eigenvalue weighted by molar-refractivity contribution is -0.113.